The van der Waals surface area contributed by atoms with E-state index in [9.17, 15) is 9.36 Å². The van der Waals surface area contributed by atoms with Crippen LogP contribution in [0.25, 0.3) is 6.08 Å². The molecule has 0 unspecified atom stereocenters. The molecule has 136 valence electrons. The number of amides is 1. The molecule has 1 saturated carbocycles. The topological polar surface area (TPSA) is 46.6 Å². The van der Waals surface area contributed by atoms with Crippen LogP contribution in [0.5, 0.6) is 0 Å². The van der Waals surface area contributed by atoms with E-state index in [1.54, 1.807) is 18.2 Å². The molecule has 1 aliphatic heterocycles. The first kappa shape index (κ1) is 18.3. The van der Waals surface area contributed by atoms with E-state index in [2.05, 4.69) is 6.08 Å². The van der Waals surface area contributed by atoms with Crippen molar-refractivity contribution in [2.45, 2.75) is 39.2 Å². The van der Waals surface area contributed by atoms with Crippen LogP contribution in [-0.4, -0.2) is 43.0 Å². The van der Waals surface area contributed by atoms with E-state index < -0.39 is 12.7 Å². The van der Waals surface area contributed by atoms with Gasteiger partial charge in [-0.2, -0.15) is 0 Å². The maximum Gasteiger partial charge on any atom is 0.410 e. The zero-order valence-electron chi connectivity index (χ0n) is 15.8. The van der Waals surface area contributed by atoms with Crippen LogP contribution in [0.3, 0.4) is 0 Å². The Bertz CT molecular complexity index is 736. The molecule has 0 N–H and O–H groups in total. The van der Waals surface area contributed by atoms with Gasteiger partial charge in [0.05, 0.1) is 0 Å². The zero-order valence-corrected chi connectivity index (χ0v) is 16.7. The molecule has 4 nitrogen and oxygen atoms in total. The molecule has 1 aromatic rings. The molecule has 1 heterocycles. The summed E-state index contributed by atoms with van der Waals surface area (Å²) >= 11 is 0. The van der Waals surface area contributed by atoms with Gasteiger partial charge >= 0.3 is 6.09 Å². The van der Waals surface area contributed by atoms with Gasteiger partial charge in [0.25, 0.3) is 0 Å². The minimum Gasteiger partial charge on any atom is -0.444 e. The molecule has 25 heavy (non-hydrogen) atoms. The molecule has 3 rings (SSSR count). The third-order valence-electron chi connectivity index (χ3n) is 4.79. The van der Waals surface area contributed by atoms with Gasteiger partial charge in [-0.05, 0) is 52.5 Å². The van der Waals surface area contributed by atoms with E-state index in [1.165, 1.54) is 5.57 Å². The number of carbonyl (C=O) groups is 1. The molecule has 1 amide bonds. The van der Waals surface area contributed by atoms with Crippen LogP contribution in [0.1, 0.15) is 39.2 Å². The summed E-state index contributed by atoms with van der Waals surface area (Å²) in [5.74, 6) is 0. The predicted molar refractivity (Wildman–Crippen MR) is 103 cm³/mol. The van der Waals surface area contributed by atoms with Crippen LogP contribution in [0.4, 0.5) is 4.79 Å². The van der Waals surface area contributed by atoms with E-state index in [4.69, 9.17) is 4.74 Å². The van der Waals surface area contributed by atoms with Gasteiger partial charge in [0.1, 0.15) is 12.7 Å². The van der Waals surface area contributed by atoms with Crippen molar-refractivity contribution in [2.75, 3.05) is 26.4 Å². The van der Waals surface area contributed by atoms with Crippen LogP contribution in [-0.2, 0) is 9.30 Å². The molecule has 1 saturated heterocycles. The fourth-order valence-corrected chi connectivity index (χ4v) is 4.49. The van der Waals surface area contributed by atoms with Gasteiger partial charge < -0.3 is 14.2 Å². The molecule has 0 radical (unpaired) electrons. The Kier molecular flexibility index (Phi) is 4.39. The summed E-state index contributed by atoms with van der Waals surface area (Å²) in [6.07, 6.45) is 4.12. The number of benzene rings is 1. The molecular formula is C20H28NO3P. The van der Waals surface area contributed by atoms with Crippen LogP contribution >= 0.6 is 7.14 Å². The lowest BCUT2D eigenvalue weighted by Gasteiger charge is -2.56. The number of ether oxygens (including phenoxy) is 1. The number of likely N-dealkylation sites (tertiary alicyclic amines) is 1. The van der Waals surface area contributed by atoms with Crippen molar-refractivity contribution >= 4 is 24.6 Å². The molecule has 0 aromatic heterocycles. The largest absolute Gasteiger partial charge is 0.444 e. The molecule has 1 spiro atoms. The van der Waals surface area contributed by atoms with E-state index in [0.29, 0.717) is 0 Å². The average Bonchev–Trinajstić information content (AvgIpc) is 2.37. The summed E-state index contributed by atoms with van der Waals surface area (Å²) in [4.78, 5) is 13.8. The van der Waals surface area contributed by atoms with E-state index in [1.807, 2.05) is 45.0 Å². The van der Waals surface area contributed by atoms with Crippen LogP contribution in [0.15, 0.2) is 29.8 Å². The number of hydrogen-bond donors (Lipinski definition) is 0. The lowest BCUT2D eigenvalue weighted by molar-refractivity contribution is -0.0498. The maximum absolute atomic E-state index is 12.1. The molecule has 1 aromatic carbocycles. The Morgan fingerprint density at radius 3 is 2.20 bits per heavy atom. The molecule has 0 bridgehead atoms. The highest BCUT2D eigenvalue weighted by Crippen LogP contribution is 2.52. The van der Waals surface area contributed by atoms with E-state index in [-0.39, 0.29) is 11.5 Å². The highest BCUT2D eigenvalue weighted by Gasteiger charge is 2.52. The summed E-state index contributed by atoms with van der Waals surface area (Å²) in [6.45, 7) is 10.9. The molecular weight excluding hydrogens is 333 g/mol. The van der Waals surface area contributed by atoms with Gasteiger partial charge in [-0.1, -0.05) is 35.9 Å². The third kappa shape index (κ3) is 4.17. The third-order valence-corrected chi connectivity index (χ3v) is 6.34. The van der Waals surface area contributed by atoms with Crippen molar-refractivity contribution in [3.8, 4) is 0 Å². The normalized spacial score (nSPS) is 19.2. The van der Waals surface area contributed by atoms with Crippen molar-refractivity contribution in [1.82, 2.24) is 4.90 Å². The summed E-state index contributed by atoms with van der Waals surface area (Å²) in [6, 6.07) is 8.02. The van der Waals surface area contributed by atoms with Gasteiger partial charge in [0.2, 0.25) is 0 Å². The predicted octanol–water partition coefficient (Wildman–Crippen LogP) is 4.35. The summed E-state index contributed by atoms with van der Waals surface area (Å²) in [7, 11) is -2.18. The van der Waals surface area contributed by atoms with Crippen LogP contribution in [0.2, 0.25) is 0 Å². The standard InChI is InChI=1S/C20H28NO3P/c1-19(2,3)24-18(22)21-13-20(14-21)11-16(12-20)10-15-6-8-17(9-7-15)25(4,5)23/h6-10H,11-14H2,1-5H3. The minimum absolute atomic E-state index is 0.199. The monoisotopic (exact) mass is 361 g/mol. The molecule has 5 heteroatoms. The Hall–Kier alpha value is -1.54. The van der Waals surface area contributed by atoms with Crippen LogP contribution < -0.4 is 5.30 Å². The van der Waals surface area contributed by atoms with Crippen molar-refractivity contribution in [3.05, 3.63) is 35.4 Å². The smallest absolute Gasteiger partial charge is 0.410 e. The summed E-state index contributed by atoms with van der Waals surface area (Å²) in [5.41, 5.74) is 2.42. The highest BCUT2D eigenvalue weighted by atomic mass is 31.2. The van der Waals surface area contributed by atoms with Gasteiger partial charge in [-0.25, -0.2) is 4.79 Å². The Morgan fingerprint density at radius 2 is 1.72 bits per heavy atom. The average molecular weight is 361 g/mol. The maximum atomic E-state index is 12.1. The van der Waals surface area contributed by atoms with Gasteiger partial charge in [-0.15, -0.1) is 0 Å². The quantitative estimate of drug-likeness (QED) is 0.736. The molecule has 2 fully saturated rings. The van der Waals surface area contributed by atoms with Crippen molar-refractivity contribution in [1.29, 1.82) is 0 Å². The first-order valence-corrected chi connectivity index (χ1v) is 11.4. The van der Waals surface area contributed by atoms with Crippen molar-refractivity contribution < 1.29 is 14.1 Å². The number of nitrogens with zero attached hydrogens (tertiary/aromatic N) is 1. The zero-order chi connectivity index (χ0) is 18.5. The Labute approximate surface area is 150 Å². The van der Waals surface area contributed by atoms with Crippen molar-refractivity contribution in [2.24, 2.45) is 5.41 Å². The van der Waals surface area contributed by atoms with Gasteiger partial charge in [-0.3, -0.25) is 0 Å². The lowest BCUT2D eigenvalue weighted by Crippen LogP contribution is -2.62. The molecule has 0 atom stereocenters. The number of allylic oxidation sites excluding steroid dienone is 1. The van der Waals surface area contributed by atoms with Gasteiger partial charge in [0.15, 0.2) is 0 Å². The highest BCUT2D eigenvalue weighted by molar-refractivity contribution is 7.70. The molecule has 1 aliphatic carbocycles. The minimum atomic E-state index is -2.18. The fourth-order valence-electron chi connectivity index (χ4n) is 3.62. The van der Waals surface area contributed by atoms with Crippen LogP contribution in [0, 0.1) is 5.41 Å². The number of carbonyl (C=O) groups excluding carboxylic acids is 1. The first-order chi connectivity index (χ1) is 11.5. The van der Waals surface area contributed by atoms with E-state index >= 15 is 0 Å². The summed E-state index contributed by atoms with van der Waals surface area (Å²) < 4.78 is 17.5. The second-order valence-corrected chi connectivity index (χ2v) is 12.2. The molecule has 2 aliphatic rings. The number of rotatable bonds is 2. The Balaban J connectivity index is 1.53. The second kappa shape index (κ2) is 6.02. The summed E-state index contributed by atoms with van der Waals surface area (Å²) in [5, 5.41) is 0.923. The first-order valence-electron chi connectivity index (χ1n) is 8.79. The SMILES string of the molecule is CC(C)(C)OC(=O)N1CC2(CC(=Cc3ccc(P(C)(C)=O)cc3)C2)C1. The second-order valence-electron chi connectivity index (χ2n) is 8.93. The van der Waals surface area contributed by atoms with Crippen molar-refractivity contribution in [3.63, 3.8) is 0 Å². The Morgan fingerprint density at radius 1 is 1.16 bits per heavy atom. The lowest BCUT2D eigenvalue weighted by atomic mass is 9.60. The van der Waals surface area contributed by atoms with E-state index in [0.717, 1.165) is 36.8 Å². The number of hydrogen-bond acceptors (Lipinski definition) is 3. The van der Waals surface area contributed by atoms with Gasteiger partial charge in [0, 0.05) is 23.8 Å². The fraction of sp³-hybridized carbons (Fsp3) is 0.550.